The van der Waals surface area contributed by atoms with Gasteiger partial charge in [-0.1, -0.05) is 27.5 Å². The molecule has 0 unspecified atom stereocenters. The molecule has 1 saturated carbocycles. The van der Waals surface area contributed by atoms with Crippen molar-refractivity contribution < 1.29 is 20.1 Å². The predicted molar refractivity (Wildman–Crippen MR) is 83.5 cm³/mol. The third-order valence-electron chi connectivity index (χ3n) is 3.67. The zero-order valence-electron chi connectivity index (χ0n) is 11.3. The predicted octanol–water partition coefficient (Wildman–Crippen LogP) is 2.80. The van der Waals surface area contributed by atoms with Crippen molar-refractivity contribution in [3.63, 3.8) is 0 Å². The van der Waals surface area contributed by atoms with E-state index in [9.17, 15) is 20.1 Å². The number of aromatic hydroxyl groups is 1. The van der Waals surface area contributed by atoms with Crippen molar-refractivity contribution in [3.8, 4) is 5.75 Å². The normalized spacial score (nSPS) is 25.6. The van der Waals surface area contributed by atoms with E-state index >= 15 is 0 Å². The Morgan fingerprint density at radius 1 is 1.43 bits per heavy atom. The van der Waals surface area contributed by atoms with Crippen LogP contribution < -0.4 is 5.32 Å². The summed E-state index contributed by atoms with van der Waals surface area (Å²) in [7, 11) is 0. The molecule has 1 aliphatic carbocycles. The summed E-state index contributed by atoms with van der Waals surface area (Å²) >= 11 is 9.16. The standard InChI is InChI=1S/C14H17BrClNO4/c15-8-5-10(16)13(11(19)6-8)17-12(20)7-14(21)3-1-9(18)2-4-14/h5-6,9,18-19,21H,1-4,7H2,(H,17,20). The highest BCUT2D eigenvalue weighted by molar-refractivity contribution is 9.10. The Hall–Kier alpha value is -0.820. The highest BCUT2D eigenvalue weighted by atomic mass is 79.9. The minimum Gasteiger partial charge on any atom is -0.506 e. The van der Waals surface area contributed by atoms with E-state index in [0.29, 0.717) is 30.2 Å². The largest absolute Gasteiger partial charge is 0.506 e. The van der Waals surface area contributed by atoms with Crippen molar-refractivity contribution in [2.45, 2.75) is 43.8 Å². The van der Waals surface area contributed by atoms with Gasteiger partial charge in [-0.15, -0.1) is 0 Å². The minimum atomic E-state index is -1.11. The van der Waals surface area contributed by atoms with Gasteiger partial charge in [0, 0.05) is 4.47 Å². The number of phenols is 1. The van der Waals surface area contributed by atoms with Crippen LogP contribution in [0, 0.1) is 0 Å². The number of halogens is 2. The lowest BCUT2D eigenvalue weighted by atomic mass is 9.81. The molecule has 21 heavy (non-hydrogen) atoms. The van der Waals surface area contributed by atoms with Crippen molar-refractivity contribution in [2.24, 2.45) is 0 Å². The molecule has 1 aliphatic rings. The first-order chi connectivity index (χ1) is 9.79. The highest BCUT2D eigenvalue weighted by Crippen LogP contribution is 2.36. The molecule has 0 saturated heterocycles. The quantitative estimate of drug-likeness (QED) is 0.609. The number of aliphatic hydroxyl groups excluding tert-OH is 1. The molecule has 7 heteroatoms. The van der Waals surface area contributed by atoms with Gasteiger partial charge in [-0.25, -0.2) is 0 Å². The summed E-state index contributed by atoms with van der Waals surface area (Å²) in [5.41, 5.74) is -0.981. The molecule has 1 fully saturated rings. The number of hydrogen-bond donors (Lipinski definition) is 4. The molecular formula is C14H17BrClNO4. The Kier molecular flexibility index (Phi) is 5.14. The molecule has 1 aromatic carbocycles. The molecule has 0 heterocycles. The molecule has 1 aromatic rings. The van der Waals surface area contributed by atoms with Gasteiger partial charge in [0.1, 0.15) is 11.4 Å². The number of aliphatic hydroxyl groups is 2. The van der Waals surface area contributed by atoms with Gasteiger partial charge in [0.2, 0.25) is 5.91 Å². The Bertz CT molecular complexity index is 521. The van der Waals surface area contributed by atoms with Crippen molar-refractivity contribution in [2.75, 3.05) is 5.32 Å². The van der Waals surface area contributed by atoms with Crippen LogP contribution >= 0.6 is 27.5 Å². The maximum Gasteiger partial charge on any atom is 0.227 e. The average molecular weight is 379 g/mol. The van der Waals surface area contributed by atoms with Crippen molar-refractivity contribution in [1.29, 1.82) is 0 Å². The van der Waals surface area contributed by atoms with E-state index in [1.807, 2.05) is 0 Å². The number of amides is 1. The Balaban J connectivity index is 2.02. The molecule has 2 rings (SSSR count). The average Bonchev–Trinajstić information content (AvgIpc) is 2.37. The maximum atomic E-state index is 12.0. The second kappa shape index (κ2) is 6.52. The Labute approximate surface area is 136 Å². The van der Waals surface area contributed by atoms with Gasteiger partial charge in [0.25, 0.3) is 0 Å². The van der Waals surface area contributed by atoms with Gasteiger partial charge in [-0.2, -0.15) is 0 Å². The van der Waals surface area contributed by atoms with E-state index in [1.54, 1.807) is 6.07 Å². The van der Waals surface area contributed by atoms with Crippen LogP contribution in [0.3, 0.4) is 0 Å². The molecule has 4 N–H and O–H groups in total. The minimum absolute atomic E-state index is 0.0917. The molecule has 0 bridgehead atoms. The van der Waals surface area contributed by atoms with Crippen LogP contribution in [0.15, 0.2) is 16.6 Å². The van der Waals surface area contributed by atoms with E-state index in [-0.39, 0.29) is 22.9 Å². The van der Waals surface area contributed by atoms with Gasteiger partial charge >= 0.3 is 0 Å². The zero-order chi connectivity index (χ0) is 15.6. The SMILES string of the molecule is O=C(CC1(O)CCC(O)CC1)Nc1c(O)cc(Br)cc1Cl. The molecule has 5 nitrogen and oxygen atoms in total. The van der Waals surface area contributed by atoms with Crippen LogP contribution in [0.1, 0.15) is 32.1 Å². The Morgan fingerprint density at radius 3 is 2.62 bits per heavy atom. The summed E-state index contributed by atoms with van der Waals surface area (Å²) in [6, 6.07) is 2.98. The van der Waals surface area contributed by atoms with Crippen molar-refractivity contribution >= 4 is 39.1 Å². The lowest BCUT2D eigenvalue weighted by Gasteiger charge is -2.33. The number of benzene rings is 1. The number of phenolic OH excluding ortho intramolecular Hbond substituents is 1. The lowest BCUT2D eigenvalue weighted by molar-refractivity contribution is -0.123. The van der Waals surface area contributed by atoms with Crippen LogP contribution in [0.4, 0.5) is 5.69 Å². The van der Waals surface area contributed by atoms with E-state index in [0.717, 1.165) is 0 Å². The molecule has 0 atom stereocenters. The van der Waals surface area contributed by atoms with Crippen LogP contribution in [-0.4, -0.2) is 32.9 Å². The fraction of sp³-hybridized carbons (Fsp3) is 0.500. The van der Waals surface area contributed by atoms with Crippen LogP contribution in [0.25, 0.3) is 0 Å². The summed E-state index contributed by atoms with van der Waals surface area (Å²) in [5, 5.41) is 32.3. The van der Waals surface area contributed by atoms with Gasteiger partial charge < -0.3 is 20.6 Å². The van der Waals surface area contributed by atoms with Gasteiger partial charge in [0.05, 0.1) is 23.1 Å². The molecular weight excluding hydrogens is 362 g/mol. The molecule has 0 aromatic heterocycles. The lowest BCUT2D eigenvalue weighted by Crippen LogP contribution is -2.39. The van der Waals surface area contributed by atoms with Crippen LogP contribution in [0.5, 0.6) is 5.75 Å². The fourth-order valence-electron chi connectivity index (χ4n) is 2.48. The molecule has 0 radical (unpaired) electrons. The summed E-state index contributed by atoms with van der Waals surface area (Å²) in [5.74, 6) is -0.567. The molecule has 0 spiro atoms. The monoisotopic (exact) mass is 377 g/mol. The van der Waals surface area contributed by atoms with Crippen LogP contribution in [0.2, 0.25) is 5.02 Å². The van der Waals surface area contributed by atoms with Crippen molar-refractivity contribution in [3.05, 3.63) is 21.6 Å². The van der Waals surface area contributed by atoms with Crippen molar-refractivity contribution in [1.82, 2.24) is 0 Å². The number of carbonyl (C=O) groups is 1. The molecule has 0 aliphatic heterocycles. The second-order valence-corrected chi connectivity index (χ2v) is 6.79. The molecule has 1 amide bonds. The molecule has 116 valence electrons. The highest BCUT2D eigenvalue weighted by Gasteiger charge is 2.34. The maximum absolute atomic E-state index is 12.0. The topological polar surface area (TPSA) is 89.8 Å². The summed E-state index contributed by atoms with van der Waals surface area (Å²) in [6.07, 6.45) is 1.22. The first-order valence-electron chi connectivity index (χ1n) is 6.67. The number of anilines is 1. The Morgan fingerprint density at radius 2 is 2.05 bits per heavy atom. The van der Waals surface area contributed by atoms with Crippen LogP contribution in [-0.2, 0) is 4.79 Å². The van der Waals surface area contributed by atoms with Gasteiger partial charge in [0.15, 0.2) is 0 Å². The summed E-state index contributed by atoms with van der Waals surface area (Å²) in [4.78, 5) is 12.0. The fourth-order valence-corrected chi connectivity index (χ4v) is 3.32. The first kappa shape index (κ1) is 16.5. The second-order valence-electron chi connectivity index (χ2n) is 5.46. The number of rotatable bonds is 3. The number of hydrogen-bond acceptors (Lipinski definition) is 4. The number of nitrogens with one attached hydrogen (secondary N) is 1. The van der Waals surface area contributed by atoms with E-state index in [2.05, 4.69) is 21.2 Å². The van der Waals surface area contributed by atoms with Gasteiger partial charge in [-0.05, 0) is 37.8 Å². The first-order valence-corrected chi connectivity index (χ1v) is 7.84. The number of carbonyl (C=O) groups excluding carboxylic acids is 1. The van der Waals surface area contributed by atoms with E-state index < -0.39 is 17.6 Å². The smallest absolute Gasteiger partial charge is 0.227 e. The van der Waals surface area contributed by atoms with E-state index in [4.69, 9.17) is 11.6 Å². The van der Waals surface area contributed by atoms with E-state index in [1.165, 1.54) is 6.07 Å². The summed E-state index contributed by atoms with van der Waals surface area (Å²) in [6.45, 7) is 0. The van der Waals surface area contributed by atoms with Gasteiger partial charge in [-0.3, -0.25) is 4.79 Å². The third kappa shape index (κ3) is 4.32. The zero-order valence-corrected chi connectivity index (χ0v) is 13.6. The summed E-state index contributed by atoms with van der Waals surface area (Å²) < 4.78 is 0.600. The third-order valence-corrected chi connectivity index (χ3v) is 4.43.